The fourth-order valence-electron chi connectivity index (χ4n) is 0. The van der Waals surface area contributed by atoms with Crippen molar-refractivity contribution in [1.82, 2.24) is 0 Å². The maximum Gasteiger partial charge on any atom is 3.00 e. The van der Waals surface area contributed by atoms with E-state index in [9.17, 15) is 0 Å². The molecule has 0 heterocycles. The van der Waals surface area contributed by atoms with Crippen LogP contribution in [0, 0.1) is 0 Å². The first-order valence-corrected chi connectivity index (χ1v) is 5.55. The summed E-state index contributed by atoms with van der Waals surface area (Å²) >= 11 is 0. The van der Waals surface area contributed by atoms with Gasteiger partial charge in [-0.3, -0.25) is 0 Å². The van der Waals surface area contributed by atoms with E-state index in [-0.39, 0.29) is 107 Å². The molecule has 0 aliphatic rings. The van der Waals surface area contributed by atoms with E-state index in [1.54, 1.807) is 0 Å². The largest absolute Gasteiger partial charge is 3.00 e. The zero-order valence-corrected chi connectivity index (χ0v) is 17.4. The minimum Gasteiger partial charge on any atom is -0.894 e. The molecule has 0 aromatic rings. The molecule has 0 saturated heterocycles. The quantitative estimate of drug-likeness (QED) is 0.371. The van der Waals surface area contributed by atoms with Crippen LogP contribution in [0.3, 0.4) is 0 Å². The van der Waals surface area contributed by atoms with E-state index in [1.807, 2.05) is 0 Å². The molecule has 0 aromatic heterocycles. The van der Waals surface area contributed by atoms with E-state index >= 15 is 0 Å². The fourth-order valence-corrected chi connectivity index (χ4v) is 0. The second-order valence-electron chi connectivity index (χ2n) is 1.28. The van der Waals surface area contributed by atoms with E-state index in [0.717, 1.165) is 0 Å². The Morgan fingerprint density at radius 2 is 0.737 bits per heavy atom. The van der Waals surface area contributed by atoms with Crippen LogP contribution in [-0.4, -0.2) is 141 Å². The molecular weight excluding hydrogens is 376 g/mol. The molecule has 0 aliphatic carbocycles. The van der Waals surface area contributed by atoms with Crippen LogP contribution in [0.5, 0.6) is 0 Å². The van der Waals surface area contributed by atoms with Crippen molar-refractivity contribution in [2.24, 2.45) is 0 Å². The van der Waals surface area contributed by atoms with Gasteiger partial charge in [0.2, 0.25) is 0 Å². The molecule has 0 spiro atoms. The molecule has 18 heteroatoms. The number of hydrogen-bond acceptors (Lipinski definition) is 10. The predicted molar refractivity (Wildman–Crippen MR) is 47.1 cm³/mol. The second kappa shape index (κ2) is 25.6. The van der Waals surface area contributed by atoms with Crippen LogP contribution in [0.4, 0.5) is 4.79 Å². The molecule has 0 aliphatic heterocycles. The van der Waals surface area contributed by atoms with Gasteiger partial charge < -0.3 is 72.2 Å². The Morgan fingerprint density at radius 3 is 0.737 bits per heavy atom. The Balaban J connectivity index is -0.0000000141. The number of carbonyl (C=O) groups is 1. The van der Waals surface area contributed by atoms with Crippen molar-refractivity contribution in [2.75, 3.05) is 0 Å². The topological polar surface area (TPSA) is 272 Å². The Morgan fingerprint density at radius 1 is 0.737 bits per heavy atom. The van der Waals surface area contributed by atoms with E-state index in [0.29, 0.717) is 0 Å². The normalized spacial score (nSPS) is 7.58. The molecule has 0 amide bonds. The molecule has 0 bridgehead atoms. The van der Waals surface area contributed by atoms with Crippen molar-refractivity contribution in [3.63, 3.8) is 0 Å². The first kappa shape index (κ1) is 49.5. The first-order valence-electron chi connectivity index (χ1n) is 2.28. The van der Waals surface area contributed by atoms with Gasteiger partial charge in [-0.1, -0.05) is 0 Å². The van der Waals surface area contributed by atoms with E-state index < -0.39 is 24.3 Å². The monoisotopic (exact) mass is 378 g/mol. The van der Waals surface area contributed by atoms with Crippen LogP contribution >= 0.6 is 0 Å². The van der Waals surface area contributed by atoms with Gasteiger partial charge in [0.05, 0.1) is 0 Å². The van der Waals surface area contributed by atoms with Gasteiger partial charge in [-0.15, -0.1) is 0 Å². The zero-order valence-electron chi connectivity index (χ0n) is 9.21. The molecule has 0 radical (unpaired) electrons. The van der Waals surface area contributed by atoms with Gasteiger partial charge in [0, 0.05) is 0 Å². The SMILES string of the molecule is O=C(O)O.[Al+3].[Ca+2].[Mg+2].[Mg+2].[O-][Si]([O-])([O-])[O-].[O-][Si]([O-])([O-])[O-].[OH-]. The Bertz CT molecular complexity index is 133. The minimum absolute atomic E-state index is 0. The van der Waals surface area contributed by atoms with Gasteiger partial charge >= 0.3 is 107 Å². The number of rotatable bonds is 0. The van der Waals surface area contributed by atoms with Crippen molar-refractivity contribution in [3.8, 4) is 0 Å². The van der Waals surface area contributed by atoms with Crippen molar-refractivity contribution in [2.45, 2.75) is 0 Å². The molecule has 19 heavy (non-hydrogen) atoms. The van der Waals surface area contributed by atoms with Crippen LogP contribution in [0.2, 0.25) is 0 Å². The standard InChI is InChI=1S/CH2O3.Al.Ca.2Mg.2O4Si.H2O/c2-1(3)4;;;;;2*1-5(2,3)4;/h(H2,2,3,4);;;;;;;1H2/q;+3;3*+2;2*-4;/p-1. The Kier molecular flexibility index (Phi) is 66.8. The third-order valence-corrected chi connectivity index (χ3v) is 0. The average molecular weight is 379 g/mol. The van der Waals surface area contributed by atoms with Gasteiger partial charge in [0.25, 0.3) is 0 Å². The maximum absolute atomic E-state index is 8.58. The van der Waals surface area contributed by atoms with E-state index in [1.165, 1.54) is 0 Å². The molecule has 0 rings (SSSR count). The molecule has 96 valence electrons. The summed E-state index contributed by atoms with van der Waals surface area (Å²) in [4.78, 5) is 77.2. The van der Waals surface area contributed by atoms with Crippen molar-refractivity contribution in [3.05, 3.63) is 0 Å². The number of hydrogen-bond donors (Lipinski definition) is 2. The fraction of sp³-hybridized carbons (Fsp3) is 0. The van der Waals surface area contributed by atoms with E-state index in [4.69, 9.17) is 53.4 Å². The summed E-state index contributed by atoms with van der Waals surface area (Å²) in [6.45, 7) is 0. The van der Waals surface area contributed by atoms with E-state index in [2.05, 4.69) is 0 Å². The molecule has 0 aromatic carbocycles. The zero-order chi connectivity index (χ0) is 12.6. The molecule has 0 unspecified atom stereocenters. The van der Waals surface area contributed by atoms with Crippen molar-refractivity contribution in [1.29, 1.82) is 0 Å². The predicted octanol–water partition coefficient (Wildman–Crippen LogP) is -11.8. The van der Waals surface area contributed by atoms with Crippen molar-refractivity contribution < 1.29 is 58.8 Å². The summed E-state index contributed by atoms with van der Waals surface area (Å²) in [5.41, 5.74) is 0. The van der Waals surface area contributed by atoms with Gasteiger partial charge in [0.15, 0.2) is 0 Å². The third-order valence-electron chi connectivity index (χ3n) is 0. The summed E-state index contributed by atoms with van der Waals surface area (Å²) < 4.78 is 0. The minimum atomic E-state index is -5.61. The molecule has 3 N–H and O–H groups in total. The van der Waals surface area contributed by atoms with Gasteiger partial charge in [0.1, 0.15) is 0 Å². The van der Waals surface area contributed by atoms with Crippen LogP contribution in [0.1, 0.15) is 0 Å². The van der Waals surface area contributed by atoms with Crippen LogP contribution in [0.15, 0.2) is 0 Å². The summed E-state index contributed by atoms with van der Waals surface area (Å²) in [5.74, 6) is 0. The molecular formula is CH3AlCaMg2O12Si2. The van der Waals surface area contributed by atoms with Gasteiger partial charge in [-0.05, 0) is 0 Å². The second-order valence-corrected chi connectivity index (χ2v) is 3.28. The molecule has 12 nitrogen and oxygen atoms in total. The summed E-state index contributed by atoms with van der Waals surface area (Å²) in [6.07, 6.45) is -1.83. The average Bonchev–Trinajstić information content (AvgIpc) is 1.45. The maximum atomic E-state index is 8.58. The first-order chi connectivity index (χ1) is 5.73. The molecule has 0 saturated carbocycles. The van der Waals surface area contributed by atoms with Gasteiger partial charge in [-0.2, -0.15) is 0 Å². The summed E-state index contributed by atoms with van der Waals surface area (Å²) in [6, 6.07) is 0. The Labute approximate surface area is 182 Å². The third kappa shape index (κ3) is 1010. The van der Waals surface area contributed by atoms with Crippen LogP contribution in [-0.2, 0) is 0 Å². The van der Waals surface area contributed by atoms with Crippen LogP contribution < -0.4 is 38.4 Å². The molecule has 0 atom stereocenters. The Hall–Kier alpha value is 2.67. The van der Waals surface area contributed by atoms with Gasteiger partial charge in [-0.25, -0.2) is 4.79 Å². The number of carboxylic acid groups (broad SMARTS) is 2. The summed E-state index contributed by atoms with van der Waals surface area (Å²) in [7, 11) is -11.2. The molecule has 0 fully saturated rings. The van der Waals surface area contributed by atoms with Crippen molar-refractivity contribution >= 4 is 125 Å². The van der Waals surface area contributed by atoms with Crippen LogP contribution in [0.25, 0.3) is 0 Å². The smallest absolute Gasteiger partial charge is 0.894 e. The summed E-state index contributed by atoms with van der Waals surface area (Å²) in [5, 5.41) is 13.9.